The van der Waals surface area contributed by atoms with Crippen molar-refractivity contribution in [2.75, 3.05) is 32.6 Å². The summed E-state index contributed by atoms with van der Waals surface area (Å²) in [5, 5.41) is 5.23. The van der Waals surface area contributed by atoms with Crippen LogP contribution < -0.4 is 15.4 Å². The normalized spacial score (nSPS) is 13.7. The summed E-state index contributed by atoms with van der Waals surface area (Å²) in [7, 11) is 3.88. The second-order valence-electron chi connectivity index (χ2n) is 6.35. The number of hydrogen-bond acceptors (Lipinski definition) is 5. The minimum absolute atomic E-state index is 0.0453. The third kappa shape index (κ3) is 4.18. The summed E-state index contributed by atoms with van der Waals surface area (Å²) in [6.45, 7) is 1.03. The topological polar surface area (TPSA) is 83.6 Å². The van der Waals surface area contributed by atoms with E-state index in [1.54, 1.807) is 18.3 Å². The van der Waals surface area contributed by atoms with E-state index >= 15 is 0 Å². The molecule has 1 aromatic carbocycles. The predicted octanol–water partition coefficient (Wildman–Crippen LogP) is 1.37. The molecule has 0 spiro atoms. The number of benzene rings is 1. The first-order valence-corrected chi connectivity index (χ1v) is 8.46. The van der Waals surface area contributed by atoms with Crippen molar-refractivity contribution in [3.63, 3.8) is 0 Å². The number of likely N-dealkylation sites (N-methyl/N-ethyl adjacent to an activating group) is 1. The number of pyridine rings is 1. The quantitative estimate of drug-likeness (QED) is 0.793. The van der Waals surface area contributed by atoms with E-state index < -0.39 is 11.8 Å². The van der Waals surface area contributed by atoms with Crippen molar-refractivity contribution in [3.05, 3.63) is 53.9 Å². The lowest BCUT2D eigenvalue weighted by Crippen LogP contribution is -2.40. The van der Waals surface area contributed by atoms with E-state index in [0.717, 1.165) is 17.7 Å². The van der Waals surface area contributed by atoms with Crippen molar-refractivity contribution in [2.24, 2.45) is 0 Å². The number of amides is 2. The van der Waals surface area contributed by atoms with Crippen LogP contribution in [0.3, 0.4) is 0 Å². The van der Waals surface area contributed by atoms with Crippen LogP contribution in [0.1, 0.15) is 17.2 Å². The highest BCUT2D eigenvalue weighted by atomic mass is 16.5. The molecule has 0 radical (unpaired) electrons. The summed E-state index contributed by atoms with van der Waals surface area (Å²) in [6.07, 6.45) is 3.97. The number of aromatic nitrogens is 1. The zero-order valence-corrected chi connectivity index (χ0v) is 14.9. The molecule has 136 valence electrons. The van der Waals surface area contributed by atoms with Crippen molar-refractivity contribution < 1.29 is 14.3 Å². The monoisotopic (exact) mass is 354 g/mol. The molecule has 0 saturated heterocycles. The van der Waals surface area contributed by atoms with Gasteiger partial charge in [0, 0.05) is 19.2 Å². The number of carbonyl (C=O) groups is 2. The van der Waals surface area contributed by atoms with Crippen molar-refractivity contribution in [1.82, 2.24) is 15.2 Å². The molecule has 0 fully saturated rings. The standard InChI is InChI=1S/C19H22N4O3/c1-23(2)16(13-5-6-17-14(10-13)7-9-26-17)12-21-18(24)19(25)22-15-4-3-8-20-11-15/h3-6,8,10-11,16H,7,9,12H2,1-2H3,(H,21,24)(H,22,25). The highest BCUT2D eigenvalue weighted by Gasteiger charge is 2.21. The van der Waals surface area contributed by atoms with Gasteiger partial charge in [-0.25, -0.2) is 0 Å². The zero-order chi connectivity index (χ0) is 18.5. The van der Waals surface area contributed by atoms with E-state index in [2.05, 4.69) is 21.7 Å². The molecule has 1 aromatic heterocycles. The fraction of sp³-hybridized carbons (Fsp3) is 0.316. The lowest BCUT2D eigenvalue weighted by atomic mass is 10.0. The first-order valence-electron chi connectivity index (χ1n) is 8.46. The van der Waals surface area contributed by atoms with E-state index in [-0.39, 0.29) is 6.04 Å². The summed E-state index contributed by atoms with van der Waals surface area (Å²) in [5.74, 6) is -0.464. The smallest absolute Gasteiger partial charge is 0.313 e. The molecule has 1 aliphatic rings. The fourth-order valence-electron chi connectivity index (χ4n) is 2.91. The largest absolute Gasteiger partial charge is 0.493 e. The number of anilines is 1. The summed E-state index contributed by atoms with van der Waals surface area (Å²) in [5.41, 5.74) is 2.73. The van der Waals surface area contributed by atoms with Crippen LogP contribution in [0.5, 0.6) is 5.75 Å². The third-order valence-electron chi connectivity index (χ3n) is 4.30. The van der Waals surface area contributed by atoms with Crippen LogP contribution in [0.2, 0.25) is 0 Å². The first-order chi connectivity index (χ1) is 12.5. The Morgan fingerprint density at radius 2 is 2.12 bits per heavy atom. The Morgan fingerprint density at radius 3 is 2.85 bits per heavy atom. The number of nitrogens with zero attached hydrogens (tertiary/aromatic N) is 2. The van der Waals surface area contributed by atoms with Gasteiger partial charge in [-0.2, -0.15) is 0 Å². The Bertz CT molecular complexity index is 793. The van der Waals surface area contributed by atoms with Gasteiger partial charge < -0.3 is 20.3 Å². The van der Waals surface area contributed by atoms with Gasteiger partial charge >= 0.3 is 11.8 Å². The van der Waals surface area contributed by atoms with E-state index in [1.165, 1.54) is 11.8 Å². The molecule has 0 aliphatic carbocycles. The van der Waals surface area contributed by atoms with Crippen LogP contribution in [0, 0.1) is 0 Å². The van der Waals surface area contributed by atoms with Crippen LogP contribution in [0.25, 0.3) is 0 Å². The van der Waals surface area contributed by atoms with E-state index in [0.29, 0.717) is 18.8 Å². The molecule has 26 heavy (non-hydrogen) atoms. The fourth-order valence-corrected chi connectivity index (χ4v) is 2.91. The van der Waals surface area contributed by atoms with Crippen LogP contribution in [0.4, 0.5) is 5.69 Å². The molecule has 1 atom stereocenters. The molecule has 1 aliphatic heterocycles. The summed E-state index contributed by atoms with van der Waals surface area (Å²) >= 11 is 0. The molecule has 1 unspecified atom stereocenters. The van der Waals surface area contributed by atoms with Gasteiger partial charge in [0.1, 0.15) is 5.75 Å². The number of rotatable bonds is 5. The number of ether oxygens (including phenoxy) is 1. The summed E-state index contributed by atoms with van der Waals surface area (Å²) < 4.78 is 5.54. The van der Waals surface area contributed by atoms with Gasteiger partial charge in [-0.1, -0.05) is 12.1 Å². The minimum atomic E-state index is -0.710. The average molecular weight is 354 g/mol. The Balaban J connectivity index is 1.62. The highest BCUT2D eigenvalue weighted by Crippen LogP contribution is 2.29. The van der Waals surface area contributed by atoms with E-state index in [1.807, 2.05) is 31.1 Å². The maximum atomic E-state index is 12.1. The maximum absolute atomic E-state index is 12.1. The van der Waals surface area contributed by atoms with Gasteiger partial charge in [-0.05, 0) is 43.4 Å². The van der Waals surface area contributed by atoms with Crippen LogP contribution in [-0.2, 0) is 16.0 Å². The second kappa shape index (κ2) is 7.97. The lowest BCUT2D eigenvalue weighted by Gasteiger charge is -2.25. The molecular formula is C19H22N4O3. The van der Waals surface area contributed by atoms with E-state index in [4.69, 9.17) is 4.74 Å². The Morgan fingerprint density at radius 1 is 1.27 bits per heavy atom. The maximum Gasteiger partial charge on any atom is 0.313 e. The summed E-state index contributed by atoms with van der Waals surface area (Å²) in [6, 6.07) is 9.38. The molecule has 2 aromatic rings. The van der Waals surface area contributed by atoms with Gasteiger partial charge in [0.15, 0.2) is 0 Å². The van der Waals surface area contributed by atoms with Crippen molar-refractivity contribution >= 4 is 17.5 Å². The minimum Gasteiger partial charge on any atom is -0.493 e. The third-order valence-corrected chi connectivity index (χ3v) is 4.30. The number of carbonyl (C=O) groups excluding carboxylic acids is 2. The molecule has 0 bridgehead atoms. The van der Waals surface area contributed by atoms with Gasteiger partial charge in [0.25, 0.3) is 0 Å². The molecule has 3 rings (SSSR count). The van der Waals surface area contributed by atoms with Gasteiger partial charge in [-0.15, -0.1) is 0 Å². The molecule has 2 N–H and O–H groups in total. The number of nitrogens with one attached hydrogen (secondary N) is 2. The molecule has 7 nitrogen and oxygen atoms in total. The lowest BCUT2D eigenvalue weighted by molar-refractivity contribution is -0.136. The van der Waals surface area contributed by atoms with Crippen LogP contribution in [0.15, 0.2) is 42.7 Å². The second-order valence-corrected chi connectivity index (χ2v) is 6.35. The van der Waals surface area contributed by atoms with Crippen LogP contribution in [-0.4, -0.2) is 48.9 Å². The molecule has 0 saturated carbocycles. The number of hydrogen-bond donors (Lipinski definition) is 2. The molecule has 2 heterocycles. The Hall–Kier alpha value is -2.93. The van der Waals surface area contributed by atoms with Crippen LogP contribution >= 0.6 is 0 Å². The molecule has 2 amide bonds. The SMILES string of the molecule is CN(C)C(CNC(=O)C(=O)Nc1cccnc1)c1ccc2c(c1)CCO2. The van der Waals surface area contributed by atoms with Crippen molar-refractivity contribution in [1.29, 1.82) is 0 Å². The molecule has 7 heteroatoms. The summed E-state index contributed by atoms with van der Waals surface area (Å²) in [4.78, 5) is 30.0. The highest BCUT2D eigenvalue weighted by molar-refractivity contribution is 6.39. The van der Waals surface area contributed by atoms with Gasteiger partial charge in [0.2, 0.25) is 0 Å². The van der Waals surface area contributed by atoms with Gasteiger partial charge in [0.05, 0.1) is 24.5 Å². The predicted molar refractivity (Wildman–Crippen MR) is 97.9 cm³/mol. The van der Waals surface area contributed by atoms with E-state index in [9.17, 15) is 9.59 Å². The van der Waals surface area contributed by atoms with Crippen molar-refractivity contribution in [3.8, 4) is 5.75 Å². The number of fused-ring (bicyclic) bond motifs is 1. The average Bonchev–Trinajstić information content (AvgIpc) is 3.10. The zero-order valence-electron chi connectivity index (χ0n) is 14.9. The van der Waals surface area contributed by atoms with Gasteiger partial charge in [-0.3, -0.25) is 14.6 Å². The van der Waals surface area contributed by atoms with Crippen molar-refractivity contribution in [2.45, 2.75) is 12.5 Å². The molecular weight excluding hydrogens is 332 g/mol. The Kier molecular flexibility index (Phi) is 5.48. The first kappa shape index (κ1) is 17.9. The Labute approximate surface area is 152 Å².